The van der Waals surface area contributed by atoms with Crippen LogP contribution in [0.25, 0.3) is 0 Å². The topological polar surface area (TPSA) is 93.4 Å². The highest BCUT2D eigenvalue weighted by atomic mass is 16.4. The molecule has 2 N–H and O–H groups in total. The molecule has 1 saturated heterocycles. The maximum atomic E-state index is 12.0. The van der Waals surface area contributed by atoms with Crippen LogP contribution < -0.4 is 5.32 Å². The lowest BCUT2D eigenvalue weighted by atomic mass is 10.1. The fraction of sp³-hybridized carbons (Fsp3) is 0.400. The monoisotopic (exact) mass is 287 g/mol. The molecule has 1 aromatic carbocycles. The van der Waals surface area contributed by atoms with Gasteiger partial charge >= 0.3 is 5.97 Å². The number of nitrogens with zero attached hydrogens (tertiary/aromatic N) is 2. The molecule has 6 heteroatoms. The van der Waals surface area contributed by atoms with E-state index in [9.17, 15) is 9.59 Å². The van der Waals surface area contributed by atoms with E-state index in [1.807, 2.05) is 11.0 Å². The van der Waals surface area contributed by atoms with Crippen LogP contribution in [-0.4, -0.2) is 41.0 Å². The second kappa shape index (κ2) is 6.86. The third-order valence-corrected chi connectivity index (χ3v) is 3.55. The van der Waals surface area contributed by atoms with Crippen LogP contribution in [-0.2, 0) is 9.59 Å². The lowest BCUT2D eigenvalue weighted by molar-refractivity contribution is -0.138. The zero-order valence-electron chi connectivity index (χ0n) is 11.6. The molecular weight excluding hydrogens is 270 g/mol. The molecule has 1 aliphatic rings. The number of likely N-dealkylation sites (tertiary alicyclic amines) is 1. The number of carbonyl (C=O) groups excluding carboxylic acids is 1. The van der Waals surface area contributed by atoms with Crippen LogP contribution in [0.5, 0.6) is 0 Å². The Labute approximate surface area is 123 Å². The number of carbonyl (C=O) groups is 2. The summed E-state index contributed by atoms with van der Waals surface area (Å²) in [6, 6.07) is 8.58. The lowest BCUT2D eigenvalue weighted by Crippen LogP contribution is -2.37. The largest absolute Gasteiger partial charge is 0.481 e. The number of hydrogen-bond donors (Lipinski definition) is 2. The summed E-state index contributed by atoms with van der Waals surface area (Å²) in [5.41, 5.74) is 1.17. The van der Waals surface area contributed by atoms with Crippen molar-refractivity contribution in [1.82, 2.24) is 4.90 Å². The SMILES string of the molecule is N#Cc1ccc(NC(=O)CN2CCCC2CC(=O)O)cc1. The molecule has 21 heavy (non-hydrogen) atoms. The Balaban J connectivity index is 1.88. The normalized spacial score (nSPS) is 18.1. The number of rotatable bonds is 5. The number of hydrogen-bond acceptors (Lipinski definition) is 4. The van der Waals surface area contributed by atoms with Gasteiger partial charge in [0.05, 0.1) is 24.6 Å². The fourth-order valence-corrected chi connectivity index (χ4v) is 2.55. The van der Waals surface area contributed by atoms with Crippen molar-refractivity contribution in [2.45, 2.75) is 25.3 Å². The first-order valence-electron chi connectivity index (χ1n) is 6.84. The van der Waals surface area contributed by atoms with Gasteiger partial charge in [-0.2, -0.15) is 5.26 Å². The number of anilines is 1. The summed E-state index contributed by atoms with van der Waals surface area (Å²) in [7, 11) is 0. The van der Waals surface area contributed by atoms with Gasteiger partial charge in [-0.05, 0) is 43.7 Å². The second-order valence-electron chi connectivity index (χ2n) is 5.10. The van der Waals surface area contributed by atoms with Crippen molar-refractivity contribution in [3.8, 4) is 6.07 Å². The van der Waals surface area contributed by atoms with Crippen molar-refractivity contribution < 1.29 is 14.7 Å². The van der Waals surface area contributed by atoms with Crippen molar-refractivity contribution in [3.63, 3.8) is 0 Å². The molecule has 110 valence electrons. The van der Waals surface area contributed by atoms with E-state index in [-0.39, 0.29) is 24.9 Å². The van der Waals surface area contributed by atoms with Crippen LogP contribution in [0.3, 0.4) is 0 Å². The summed E-state index contributed by atoms with van der Waals surface area (Å²) in [4.78, 5) is 24.7. The smallest absolute Gasteiger partial charge is 0.304 e. The van der Waals surface area contributed by atoms with Crippen molar-refractivity contribution in [3.05, 3.63) is 29.8 Å². The van der Waals surface area contributed by atoms with Crippen LogP contribution in [0.1, 0.15) is 24.8 Å². The number of nitriles is 1. The Morgan fingerprint density at radius 2 is 2.10 bits per heavy atom. The highest BCUT2D eigenvalue weighted by Crippen LogP contribution is 2.20. The van der Waals surface area contributed by atoms with Gasteiger partial charge in [0.15, 0.2) is 0 Å². The predicted octanol–water partition coefficient (Wildman–Crippen LogP) is 1.44. The highest BCUT2D eigenvalue weighted by molar-refractivity contribution is 5.92. The first-order chi connectivity index (χ1) is 10.1. The minimum Gasteiger partial charge on any atom is -0.481 e. The third kappa shape index (κ3) is 4.29. The quantitative estimate of drug-likeness (QED) is 0.854. The summed E-state index contributed by atoms with van der Waals surface area (Å²) in [6.07, 6.45) is 1.81. The maximum Gasteiger partial charge on any atom is 0.304 e. The van der Waals surface area contributed by atoms with E-state index >= 15 is 0 Å². The van der Waals surface area contributed by atoms with Crippen molar-refractivity contribution in [1.29, 1.82) is 5.26 Å². The molecule has 1 unspecified atom stereocenters. The number of aliphatic carboxylic acids is 1. The Kier molecular flexibility index (Phi) is 4.90. The molecule has 1 heterocycles. The number of amides is 1. The molecule has 0 radical (unpaired) electrons. The lowest BCUT2D eigenvalue weighted by Gasteiger charge is -2.22. The van der Waals surface area contributed by atoms with Crippen LogP contribution >= 0.6 is 0 Å². The summed E-state index contributed by atoms with van der Waals surface area (Å²) >= 11 is 0. The zero-order valence-corrected chi connectivity index (χ0v) is 11.6. The molecule has 1 aliphatic heterocycles. The van der Waals surface area contributed by atoms with Crippen LogP contribution in [0, 0.1) is 11.3 Å². The number of carboxylic acid groups (broad SMARTS) is 1. The molecule has 0 aliphatic carbocycles. The first-order valence-corrected chi connectivity index (χ1v) is 6.84. The van der Waals surface area contributed by atoms with E-state index in [2.05, 4.69) is 5.32 Å². The van der Waals surface area contributed by atoms with E-state index in [1.54, 1.807) is 24.3 Å². The van der Waals surface area contributed by atoms with E-state index in [4.69, 9.17) is 10.4 Å². The Hall–Kier alpha value is -2.39. The molecule has 1 aromatic rings. The third-order valence-electron chi connectivity index (χ3n) is 3.55. The summed E-state index contributed by atoms with van der Waals surface area (Å²) < 4.78 is 0. The van der Waals surface area contributed by atoms with Crippen molar-refractivity contribution in [2.75, 3.05) is 18.4 Å². The molecule has 6 nitrogen and oxygen atoms in total. The molecule has 1 amide bonds. The minimum absolute atomic E-state index is 0.0609. The summed E-state index contributed by atoms with van der Waals surface area (Å²) in [5, 5.41) is 20.3. The number of benzene rings is 1. The van der Waals surface area contributed by atoms with Crippen LogP contribution in [0.15, 0.2) is 24.3 Å². The molecule has 1 fully saturated rings. The van der Waals surface area contributed by atoms with E-state index in [0.29, 0.717) is 11.3 Å². The van der Waals surface area contributed by atoms with Gasteiger partial charge in [0, 0.05) is 11.7 Å². The van der Waals surface area contributed by atoms with Gasteiger partial charge in [-0.15, -0.1) is 0 Å². The molecule has 0 bridgehead atoms. The standard InChI is InChI=1S/C15H17N3O3/c16-9-11-3-5-12(6-4-11)17-14(19)10-18-7-1-2-13(18)8-15(20)21/h3-6,13H,1-2,7-8,10H2,(H,17,19)(H,20,21). The Bertz CT molecular complexity index is 563. The van der Waals surface area contributed by atoms with Crippen molar-refractivity contribution >= 4 is 17.6 Å². The van der Waals surface area contributed by atoms with E-state index < -0.39 is 5.97 Å². The zero-order chi connectivity index (χ0) is 15.2. The van der Waals surface area contributed by atoms with Gasteiger partial charge in [-0.3, -0.25) is 14.5 Å². The predicted molar refractivity (Wildman–Crippen MR) is 76.6 cm³/mol. The molecule has 0 aromatic heterocycles. The van der Waals surface area contributed by atoms with Crippen LogP contribution in [0.2, 0.25) is 0 Å². The molecule has 0 spiro atoms. The van der Waals surface area contributed by atoms with E-state index in [0.717, 1.165) is 19.4 Å². The van der Waals surface area contributed by atoms with Gasteiger partial charge in [0.2, 0.25) is 5.91 Å². The second-order valence-corrected chi connectivity index (χ2v) is 5.10. The average molecular weight is 287 g/mol. The summed E-state index contributed by atoms with van der Waals surface area (Å²) in [6.45, 7) is 0.941. The van der Waals surface area contributed by atoms with Gasteiger partial charge < -0.3 is 10.4 Å². The van der Waals surface area contributed by atoms with Gasteiger partial charge in [-0.25, -0.2) is 0 Å². The molecule has 0 saturated carbocycles. The minimum atomic E-state index is -0.834. The molecule has 1 atom stereocenters. The number of carboxylic acids is 1. The Morgan fingerprint density at radius 1 is 1.38 bits per heavy atom. The maximum absolute atomic E-state index is 12.0. The van der Waals surface area contributed by atoms with Gasteiger partial charge in [0.1, 0.15) is 0 Å². The van der Waals surface area contributed by atoms with Crippen LogP contribution in [0.4, 0.5) is 5.69 Å². The van der Waals surface area contributed by atoms with E-state index in [1.165, 1.54) is 0 Å². The Morgan fingerprint density at radius 3 is 2.71 bits per heavy atom. The fourth-order valence-electron chi connectivity index (χ4n) is 2.55. The summed E-state index contributed by atoms with van der Waals surface area (Å²) in [5.74, 6) is -1.00. The number of nitrogens with one attached hydrogen (secondary N) is 1. The van der Waals surface area contributed by atoms with Crippen molar-refractivity contribution in [2.24, 2.45) is 0 Å². The molecule has 2 rings (SSSR count). The average Bonchev–Trinajstić information content (AvgIpc) is 2.86. The molecular formula is C15H17N3O3. The van der Waals surface area contributed by atoms with Gasteiger partial charge in [-0.1, -0.05) is 0 Å². The highest BCUT2D eigenvalue weighted by Gasteiger charge is 2.27. The first kappa shape index (κ1) is 15.0. The van der Waals surface area contributed by atoms with Gasteiger partial charge in [0.25, 0.3) is 0 Å².